The van der Waals surface area contributed by atoms with Gasteiger partial charge in [-0.3, -0.25) is 4.79 Å². The molecule has 0 aliphatic heterocycles. The number of hydrogen-bond donors (Lipinski definition) is 1. The monoisotopic (exact) mass is 303 g/mol. The molecule has 0 unspecified atom stereocenters. The van der Waals surface area contributed by atoms with Gasteiger partial charge in [-0.05, 0) is 49.2 Å². The number of nitrogens with one attached hydrogen (secondary N) is 1. The van der Waals surface area contributed by atoms with E-state index in [4.69, 9.17) is 16.3 Å². The summed E-state index contributed by atoms with van der Waals surface area (Å²) in [6.07, 6.45) is 0. The molecular formula is C17H18ClNO2. The molecule has 0 bridgehead atoms. The molecule has 110 valence electrons. The number of hydrogen-bond acceptors (Lipinski definition) is 2. The van der Waals surface area contributed by atoms with Crippen LogP contribution in [0.1, 0.15) is 24.1 Å². The van der Waals surface area contributed by atoms with Gasteiger partial charge in [-0.2, -0.15) is 0 Å². The first-order chi connectivity index (χ1) is 10.0. The largest absolute Gasteiger partial charge is 0.484 e. The summed E-state index contributed by atoms with van der Waals surface area (Å²) in [5.74, 6) is 0.545. The minimum absolute atomic E-state index is 0.00137. The van der Waals surface area contributed by atoms with E-state index >= 15 is 0 Å². The van der Waals surface area contributed by atoms with Gasteiger partial charge in [0.05, 0.1) is 6.04 Å². The highest BCUT2D eigenvalue weighted by Crippen LogP contribution is 2.16. The van der Waals surface area contributed by atoms with E-state index in [1.165, 1.54) is 0 Å². The van der Waals surface area contributed by atoms with Crippen LogP contribution in [-0.4, -0.2) is 12.5 Å². The van der Waals surface area contributed by atoms with E-state index in [2.05, 4.69) is 5.32 Å². The van der Waals surface area contributed by atoms with Crippen molar-refractivity contribution in [3.8, 4) is 5.75 Å². The van der Waals surface area contributed by atoms with E-state index in [1.807, 2.05) is 62.4 Å². The van der Waals surface area contributed by atoms with Gasteiger partial charge in [-0.25, -0.2) is 0 Å². The number of aryl methyl sites for hydroxylation is 1. The summed E-state index contributed by atoms with van der Waals surface area (Å²) < 4.78 is 5.47. The number of amides is 1. The highest BCUT2D eigenvalue weighted by molar-refractivity contribution is 6.30. The Labute approximate surface area is 129 Å². The van der Waals surface area contributed by atoms with E-state index in [9.17, 15) is 4.79 Å². The second kappa shape index (κ2) is 7.14. The van der Waals surface area contributed by atoms with Crippen molar-refractivity contribution < 1.29 is 9.53 Å². The Morgan fingerprint density at radius 3 is 2.62 bits per heavy atom. The SMILES string of the molecule is Cc1cccc(OCC(=O)N[C@H](C)c2ccc(Cl)cc2)c1. The van der Waals surface area contributed by atoms with Crippen molar-refractivity contribution >= 4 is 17.5 Å². The maximum atomic E-state index is 11.9. The van der Waals surface area contributed by atoms with Gasteiger partial charge >= 0.3 is 0 Å². The fraction of sp³-hybridized carbons (Fsp3) is 0.235. The summed E-state index contributed by atoms with van der Waals surface area (Å²) in [7, 11) is 0. The first-order valence-electron chi connectivity index (χ1n) is 6.79. The molecule has 0 saturated heterocycles. The normalized spacial score (nSPS) is 11.8. The van der Waals surface area contributed by atoms with Crippen molar-refractivity contribution in [1.82, 2.24) is 5.32 Å². The van der Waals surface area contributed by atoms with Crippen LogP contribution in [0.2, 0.25) is 5.02 Å². The van der Waals surface area contributed by atoms with E-state index in [0.29, 0.717) is 10.8 Å². The number of benzene rings is 2. The molecule has 0 saturated carbocycles. The average Bonchev–Trinajstić information content (AvgIpc) is 2.46. The number of rotatable bonds is 5. The third kappa shape index (κ3) is 4.80. The standard InChI is InChI=1S/C17H18ClNO2/c1-12-4-3-5-16(10-12)21-11-17(20)19-13(2)14-6-8-15(18)9-7-14/h3-10,13H,11H2,1-2H3,(H,19,20)/t13-/m1/s1. The molecule has 3 nitrogen and oxygen atoms in total. The Bertz CT molecular complexity index is 610. The topological polar surface area (TPSA) is 38.3 Å². The van der Waals surface area contributed by atoms with Gasteiger partial charge in [-0.15, -0.1) is 0 Å². The van der Waals surface area contributed by atoms with Crippen molar-refractivity contribution in [2.75, 3.05) is 6.61 Å². The average molecular weight is 304 g/mol. The molecule has 0 aliphatic carbocycles. The number of carbonyl (C=O) groups is 1. The molecule has 1 amide bonds. The highest BCUT2D eigenvalue weighted by Gasteiger charge is 2.10. The quantitative estimate of drug-likeness (QED) is 0.909. The van der Waals surface area contributed by atoms with Crippen LogP contribution < -0.4 is 10.1 Å². The van der Waals surface area contributed by atoms with Gasteiger partial charge in [-0.1, -0.05) is 35.9 Å². The molecule has 0 fully saturated rings. The molecule has 2 rings (SSSR count). The van der Waals surface area contributed by atoms with Crippen LogP contribution in [0.4, 0.5) is 0 Å². The summed E-state index contributed by atoms with van der Waals surface area (Å²) in [6.45, 7) is 3.91. The smallest absolute Gasteiger partial charge is 0.258 e. The number of carbonyl (C=O) groups excluding carboxylic acids is 1. The summed E-state index contributed by atoms with van der Waals surface area (Å²) in [4.78, 5) is 11.9. The van der Waals surface area contributed by atoms with Crippen LogP contribution in [0.3, 0.4) is 0 Å². The minimum atomic E-state index is -0.154. The van der Waals surface area contributed by atoms with Gasteiger partial charge in [0.2, 0.25) is 0 Å². The zero-order valence-electron chi connectivity index (χ0n) is 12.1. The van der Waals surface area contributed by atoms with Gasteiger partial charge in [0.1, 0.15) is 5.75 Å². The Kier molecular flexibility index (Phi) is 5.23. The number of halogens is 1. The van der Waals surface area contributed by atoms with Gasteiger partial charge in [0, 0.05) is 5.02 Å². The third-order valence-corrected chi connectivity index (χ3v) is 3.36. The molecule has 21 heavy (non-hydrogen) atoms. The zero-order valence-corrected chi connectivity index (χ0v) is 12.9. The van der Waals surface area contributed by atoms with E-state index in [1.54, 1.807) is 0 Å². The first-order valence-corrected chi connectivity index (χ1v) is 7.16. The van der Waals surface area contributed by atoms with Gasteiger partial charge in [0.25, 0.3) is 5.91 Å². The molecule has 0 heterocycles. The lowest BCUT2D eigenvalue weighted by Gasteiger charge is -2.15. The van der Waals surface area contributed by atoms with Crippen LogP contribution in [0.5, 0.6) is 5.75 Å². The number of ether oxygens (including phenoxy) is 1. The molecule has 0 spiro atoms. The van der Waals surface area contributed by atoms with Crippen LogP contribution >= 0.6 is 11.6 Å². The maximum absolute atomic E-state index is 11.9. The summed E-state index contributed by atoms with van der Waals surface area (Å²) in [5, 5.41) is 3.57. The van der Waals surface area contributed by atoms with Crippen molar-refractivity contribution in [3.63, 3.8) is 0 Å². The summed E-state index contributed by atoms with van der Waals surface area (Å²) >= 11 is 5.85. The molecule has 2 aromatic carbocycles. The third-order valence-electron chi connectivity index (χ3n) is 3.11. The molecule has 0 aliphatic rings. The molecule has 1 atom stereocenters. The fourth-order valence-electron chi connectivity index (χ4n) is 1.97. The van der Waals surface area contributed by atoms with Crippen molar-refractivity contribution in [1.29, 1.82) is 0 Å². The van der Waals surface area contributed by atoms with Gasteiger partial charge in [0.15, 0.2) is 6.61 Å². The molecule has 0 aromatic heterocycles. The second-order valence-electron chi connectivity index (χ2n) is 4.95. The van der Waals surface area contributed by atoms with E-state index < -0.39 is 0 Å². The molecule has 1 N–H and O–H groups in total. The van der Waals surface area contributed by atoms with Crippen molar-refractivity contribution in [2.24, 2.45) is 0 Å². The van der Waals surface area contributed by atoms with Crippen molar-refractivity contribution in [2.45, 2.75) is 19.9 Å². The summed E-state index contributed by atoms with van der Waals surface area (Å²) in [5.41, 5.74) is 2.10. The predicted molar refractivity (Wildman–Crippen MR) is 84.7 cm³/mol. The Morgan fingerprint density at radius 2 is 1.95 bits per heavy atom. The van der Waals surface area contributed by atoms with Crippen LogP contribution in [0, 0.1) is 6.92 Å². The van der Waals surface area contributed by atoms with E-state index in [0.717, 1.165) is 11.1 Å². The predicted octanol–water partition coefficient (Wildman–Crippen LogP) is 3.90. The van der Waals surface area contributed by atoms with E-state index in [-0.39, 0.29) is 18.6 Å². The van der Waals surface area contributed by atoms with Crippen molar-refractivity contribution in [3.05, 3.63) is 64.7 Å². The van der Waals surface area contributed by atoms with Crippen LogP contribution in [-0.2, 0) is 4.79 Å². The van der Waals surface area contributed by atoms with Crippen LogP contribution in [0.15, 0.2) is 48.5 Å². The first kappa shape index (κ1) is 15.4. The lowest BCUT2D eigenvalue weighted by Crippen LogP contribution is -2.31. The minimum Gasteiger partial charge on any atom is -0.484 e. The van der Waals surface area contributed by atoms with Crippen LogP contribution in [0.25, 0.3) is 0 Å². The zero-order chi connectivity index (χ0) is 15.2. The molecule has 0 radical (unpaired) electrons. The highest BCUT2D eigenvalue weighted by atomic mass is 35.5. The Morgan fingerprint density at radius 1 is 1.24 bits per heavy atom. The lowest BCUT2D eigenvalue weighted by atomic mass is 10.1. The van der Waals surface area contributed by atoms with Gasteiger partial charge < -0.3 is 10.1 Å². The molecule has 2 aromatic rings. The maximum Gasteiger partial charge on any atom is 0.258 e. The Balaban J connectivity index is 1.85. The summed E-state index contributed by atoms with van der Waals surface area (Å²) in [6, 6.07) is 14.9. The molecular weight excluding hydrogens is 286 g/mol. The second-order valence-corrected chi connectivity index (χ2v) is 5.38. The molecule has 4 heteroatoms. The lowest BCUT2D eigenvalue weighted by molar-refractivity contribution is -0.123. The fourth-order valence-corrected chi connectivity index (χ4v) is 2.10. The Hall–Kier alpha value is -2.00.